The van der Waals surface area contributed by atoms with Crippen LogP contribution in [0.4, 0.5) is 0 Å². The van der Waals surface area contributed by atoms with Crippen molar-refractivity contribution >= 4 is 17.9 Å². The lowest BCUT2D eigenvalue weighted by Crippen LogP contribution is -2.77. The van der Waals surface area contributed by atoms with E-state index in [-0.39, 0.29) is 19.6 Å². The number of allylic oxidation sites excluding steroid dienone is 1. The summed E-state index contributed by atoms with van der Waals surface area (Å²) in [5.74, 6) is -4.53. The molecule has 2 bridgehead atoms. The standard InChI is InChI=1S/C33H42O14/c1-7-14(2)24(36)45-17-11-18(44-15(3)34)31(26(38)40-6)13-42-20-21(31)30(17)12-43-25(37)22(30)28(4,23(20)35)33-19-10-16(29(33,5)47-33)32(39)8-9-41-27(32)46-19/h7-9,16-23,25,27,35,37,39H,10-13H2,1-6H3/b14-7+/t16-,17-,18-,19+,20-,21+,22+,23-,25-,27+,28+,29+,30+,31+,32+,33+/m1/s1. The van der Waals surface area contributed by atoms with Crippen molar-refractivity contribution in [3.63, 3.8) is 0 Å². The van der Waals surface area contributed by atoms with E-state index in [1.807, 2.05) is 6.92 Å². The van der Waals surface area contributed by atoms with E-state index < -0.39 is 112 Å². The maximum Gasteiger partial charge on any atom is 0.333 e. The fourth-order valence-corrected chi connectivity index (χ4v) is 11.7. The van der Waals surface area contributed by atoms with Gasteiger partial charge < -0.3 is 53.2 Å². The first-order valence-electron chi connectivity index (χ1n) is 16.2. The van der Waals surface area contributed by atoms with Gasteiger partial charge >= 0.3 is 17.9 Å². The van der Waals surface area contributed by atoms with Gasteiger partial charge in [0, 0.05) is 47.5 Å². The molecule has 4 saturated heterocycles. The Morgan fingerprint density at radius 2 is 1.74 bits per heavy atom. The Hall–Kier alpha value is -2.59. The lowest BCUT2D eigenvalue weighted by atomic mass is 9.38. The van der Waals surface area contributed by atoms with Crippen molar-refractivity contribution in [1.29, 1.82) is 0 Å². The smallest absolute Gasteiger partial charge is 0.333 e. The minimum Gasteiger partial charge on any atom is -0.469 e. The molecule has 8 rings (SSSR count). The van der Waals surface area contributed by atoms with Crippen molar-refractivity contribution in [2.45, 2.75) is 107 Å². The molecule has 5 heterocycles. The quantitative estimate of drug-likeness (QED) is 0.157. The molecule has 1 spiro atoms. The first-order valence-corrected chi connectivity index (χ1v) is 16.2. The molecule has 3 saturated carbocycles. The van der Waals surface area contributed by atoms with Crippen molar-refractivity contribution in [2.75, 3.05) is 20.3 Å². The van der Waals surface area contributed by atoms with Crippen LogP contribution < -0.4 is 0 Å². The van der Waals surface area contributed by atoms with Gasteiger partial charge in [0.15, 0.2) is 11.9 Å². The Morgan fingerprint density at radius 1 is 1.00 bits per heavy atom. The summed E-state index contributed by atoms with van der Waals surface area (Å²) in [6, 6.07) is 0. The molecule has 0 radical (unpaired) electrons. The van der Waals surface area contributed by atoms with Crippen LogP contribution in [0.5, 0.6) is 0 Å². The first kappa shape index (κ1) is 31.7. The second-order valence-electron chi connectivity index (χ2n) is 15.0. The summed E-state index contributed by atoms with van der Waals surface area (Å²) >= 11 is 0. The lowest BCUT2D eigenvalue weighted by Gasteiger charge is -2.65. The van der Waals surface area contributed by atoms with Crippen molar-refractivity contribution in [3.8, 4) is 0 Å². The van der Waals surface area contributed by atoms with E-state index in [9.17, 15) is 29.7 Å². The molecule has 7 fully saturated rings. The van der Waals surface area contributed by atoms with E-state index in [4.69, 9.17) is 37.9 Å². The zero-order valence-electron chi connectivity index (χ0n) is 27.2. The molecule has 0 aromatic rings. The third-order valence-electron chi connectivity index (χ3n) is 13.6. The number of carbonyl (C=O) groups is 3. The molecule has 5 aliphatic heterocycles. The summed E-state index contributed by atoms with van der Waals surface area (Å²) in [5.41, 5.74) is -7.94. The second-order valence-corrected chi connectivity index (χ2v) is 15.0. The third-order valence-corrected chi connectivity index (χ3v) is 13.6. The SMILES string of the molecule is C/C=C(\C)C(=O)O[C@@H]1C[C@@H](OC(C)=O)[C@@]2(C(=O)OC)CO[C@@H]3[C@H]2[C@]12CO[C@@H](O)[C@H]2[C@](C)([C@]12O[C@@]1(C)[C@H]1C[C@@H]2O[C@@H]2OC=C[C@@]21O)[C@@H]3O. The van der Waals surface area contributed by atoms with Crippen LogP contribution in [-0.2, 0) is 52.3 Å². The molecule has 0 unspecified atom stereocenters. The van der Waals surface area contributed by atoms with Crippen LogP contribution in [0.15, 0.2) is 24.0 Å². The molecular formula is C33H42O14. The highest BCUT2D eigenvalue weighted by Gasteiger charge is 2.95. The summed E-state index contributed by atoms with van der Waals surface area (Å²) in [6.45, 7) is 7.74. The predicted molar refractivity (Wildman–Crippen MR) is 153 cm³/mol. The molecule has 258 valence electrons. The summed E-state index contributed by atoms with van der Waals surface area (Å²) in [6.07, 6.45) is -3.09. The van der Waals surface area contributed by atoms with Crippen LogP contribution in [0.1, 0.15) is 47.5 Å². The molecule has 47 heavy (non-hydrogen) atoms. The Labute approximate surface area is 271 Å². The molecule has 14 nitrogen and oxygen atoms in total. The molecule has 16 atom stereocenters. The van der Waals surface area contributed by atoms with Gasteiger partial charge in [-0.15, -0.1) is 0 Å². The number of rotatable bonds is 5. The number of hydrogen-bond acceptors (Lipinski definition) is 14. The highest BCUT2D eigenvalue weighted by atomic mass is 16.7. The second kappa shape index (κ2) is 9.55. The van der Waals surface area contributed by atoms with Gasteiger partial charge in [-0.25, -0.2) is 4.79 Å². The highest BCUT2D eigenvalue weighted by molar-refractivity contribution is 5.88. The number of aliphatic hydroxyl groups is 3. The summed E-state index contributed by atoms with van der Waals surface area (Å²) in [7, 11) is 1.22. The largest absolute Gasteiger partial charge is 0.469 e. The molecule has 8 aliphatic rings. The van der Waals surface area contributed by atoms with Crippen LogP contribution in [0, 0.1) is 34.0 Å². The maximum absolute atomic E-state index is 14.0. The van der Waals surface area contributed by atoms with Gasteiger partial charge in [0.05, 0.1) is 44.9 Å². The van der Waals surface area contributed by atoms with E-state index in [0.29, 0.717) is 12.0 Å². The molecule has 3 aliphatic carbocycles. The number of epoxide rings is 1. The number of aliphatic hydroxyl groups excluding tert-OH is 2. The van der Waals surface area contributed by atoms with E-state index >= 15 is 0 Å². The minimum atomic E-state index is -1.63. The Balaban J connectivity index is 1.34. The topological polar surface area (TPSA) is 189 Å². The van der Waals surface area contributed by atoms with Crippen molar-refractivity contribution < 1.29 is 67.6 Å². The van der Waals surface area contributed by atoms with E-state index in [2.05, 4.69) is 0 Å². The maximum atomic E-state index is 14.0. The summed E-state index contributed by atoms with van der Waals surface area (Å²) < 4.78 is 48.7. The predicted octanol–water partition coefficient (Wildman–Crippen LogP) is 0.254. The van der Waals surface area contributed by atoms with E-state index in [1.54, 1.807) is 32.9 Å². The number of ether oxygens (including phenoxy) is 8. The monoisotopic (exact) mass is 662 g/mol. The fourth-order valence-electron chi connectivity index (χ4n) is 11.7. The zero-order valence-corrected chi connectivity index (χ0v) is 27.2. The Bertz CT molecular complexity index is 1490. The van der Waals surface area contributed by atoms with Gasteiger partial charge in [-0.1, -0.05) is 13.0 Å². The number of esters is 3. The normalized spacial score (nSPS) is 56.1. The zero-order chi connectivity index (χ0) is 33.7. The molecule has 3 N–H and O–H groups in total. The third kappa shape index (κ3) is 3.29. The van der Waals surface area contributed by atoms with Gasteiger partial charge in [-0.3, -0.25) is 9.59 Å². The minimum absolute atomic E-state index is 0.128. The lowest BCUT2D eigenvalue weighted by molar-refractivity contribution is -0.302. The highest BCUT2D eigenvalue weighted by Crippen LogP contribution is 2.82. The number of hydrogen-bond donors (Lipinski definition) is 3. The number of fused-ring (bicyclic) bond motifs is 7. The number of carbonyl (C=O) groups excluding carboxylic acids is 3. The van der Waals surface area contributed by atoms with Crippen LogP contribution in [0.2, 0.25) is 0 Å². The van der Waals surface area contributed by atoms with Crippen LogP contribution in [-0.4, -0.2) is 113 Å². The Morgan fingerprint density at radius 3 is 2.43 bits per heavy atom. The van der Waals surface area contributed by atoms with Gasteiger partial charge in [0.25, 0.3) is 0 Å². The Kier molecular flexibility index (Phi) is 6.44. The molecule has 0 amide bonds. The first-order chi connectivity index (χ1) is 22.1. The van der Waals surface area contributed by atoms with E-state index in [0.717, 1.165) is 0 Å². The molecule has 14 heteroatoms. The van der Waals surface area contributed by atoms with Crippen LogP contribution in [0.25, 0.3) is 0 Å². The average molecular weight is 663 g/mol. The molecule has 0 aromatic heterocycles. The molecule has 0 aromatic carbocycles. The average Bonchev–Trinajstić information content (AvgIpc) is 3.43. The summed E-state index contributed by atoms with van der Waals surface area (Å²) in [4.78, 5) is 40.0. The number of methoxy groups -OCH3 is 1. The van der Waals surface area contributed by atoms with Gasteiger partial charge in [-0.2, -0.15) is 0 Å². The van der Waals surface area contributed by atoms with E-state index in [1.165, 1.54) is 20.3 Å². The fraction of sp³-hybridized carbons (Fsp3) is 0.788. The van der Waals surface area contributed by atoms with Crippen LogP contribution >= 0.6 is 0 Å². The van der Waals surface area contributed by atoms with Gasteiger partial charge in [0.2, 0.25) is 6.29 Å². The van der Waals surface area contributed by atoms with Gasteiger partial charge in [0.1, 0.15) is 28.8 Å². The van der Waals surface area contributed by atoms with Crippen molar-refractivity contribution in [2.24, 2.45) is 34.0 Å². The van der Waals surface area contributed by atoms with Gasteiger partial charge in [-0.05, 0) is 33.3 Å². The van der Waals surface area contributed by atoms with Crippen molar-refractivity contribution in [3.05, 3.63) is 24.0 Å². The van der Waals surface area contributed by atoms with Crippen LogP contribution in [0.3, 0.4) is 0 Å². The van der Waals surface area contributed by atoms with Crippen molar-refractivity contribution in [1.82, 2.24) is 0 Å². The summed E-state index contributed by atoms with van der Waals surface area (Å²) in [5, 5.41) is 36.4. The molecular weight excluding hydrogens is 620 g/mol.